The Kier molecular flexibility index (Phi) is 2.38. The van der Waals surface area contributed by atoms with Gasteiger partial charge in [-0.15, -0.1) is 6.58 Å². The van der Waals surface area contributed by atoms with Gasteiger partial charge in [-0.3, -0.25) is 0 Å². The van der Waals surface area contributed by atoms with E-state index in [1.54, 1.807) is 6.08 Å². The van der Waals surface area contributed by atoms with E-state index in [1.165, 1.54) is 0 Å². The average Bonchev–Trinajstić information content (AvgIpc) is 1.35. The molecule has 2 radical (unpaired) electrons. The first-order valence-electron chi connectivity index (χ1n) is 1.75. The van der Waals surface area contributed by atoms with E-state index < -0.39 is 0 Å². The van der Waals surface area contributed by atoms with Crippen molar-refractivity contribution in [2.45, 2.75) is 6.42 Å². The third-order valence-corrected chi connectivity index (χ3v) is 0.380. The minimum atomic E-state index is 0.171. The Labute approximate surface area is 38.2 Å². The van der Waals surface area contributed by atoms with Crippen molar-refractivity contribution in [2.24, 2.45) is 0 Å². The Bertz CT molecular complexity index is 64.3. The summed E-state index contributed by atoms with van der Waals surface area (Å²) in [6.07, 6.45) is 2.10. The predicted molar refractivity (Wildman–Crippen MR) is 27.3 cm³/mol. The first kappa shape index (κ1) is 5.41. The molecule has 0 unspecified atom stereocenters. The summed E-state index contributed by atoms with van der Waals surface area (Å²) in [7, 11) is 0. The minimum Gasteiger partial charge on any atom is -0.160 e. The predicted octanol–water partition coefficient (Wildman–Crippen LogP) is 0.638. The zero-order valence-corrected chi connectivity index (χ0v) is 3.65. The molecule has 0 heterocycles. The number of hydrogen-bond acceptors (Lipinski definition) is 0. The van der Waals surface area contributed by atoms with Crippen LogP contribution in [0.1, 0.15) is 6.42 Å². The van der Waals surface area contributed by atoms with Gasteiger partial charge in [0.1, 0.15) is 0 Å². The average molecular weight is 81.1 g/mol. The molecule has 0 aromatic heterocycles. The molecule has 0 atom stereocenters. The molecule has 0 rings (SSSR count). The van der Waals surface area contributed by atoms with Crippen molar-refractivity contribution in [3.05, 3.63) is 19.6 Å². The lowest BCUT2D eigenvalue weighted by atomic mass is 10.3. The van der Waals surface area contributed by atoms with E-state index in [4.69, 9.17) is 5.41 Å². The lowest BCUT2D eigenvalue weighted by Gasteiger charge is -1.77. The lowest BCUT2D eigenvalue weighted by molar-refractivity contribution is 1.49. The van der Waals surface area contributed by atoms with Crippen molar-refractivity contribution >= 4 is 5.71 Å². The molecule has 32 valence electrons. The van der Waals surface area contributed by atoms with Crippen LogP contribution in [0, 0.1) is 6.92 Å². The summed E-state index contributed by atoms with van der Waals surface area (Å²) >= 11 is 0. The monoisotopic (exact) mass is 81.1 g/mol. The number of rotatable bonds is 2. The molecule has 0 aliphatic rings. The Morgan fingerprint density at radius 1 is 1.83 bits per heavy atom. The van der Waals surface area contributed by atoms with Gasteiger partial charge in [0.25, 0.3) is 0 Å². The van der Waals surface area contributed by atoms with Crippen LogP contribution in [0.2, 0.25) is 0 Å². The molecular weight excluding hydrogens is 74.1 g/mol. The maximum absolute atomic E-state index is 8.29. The normalized spacial score (nSPS) is 7.50. The van der Waals surface area contributed by atoms with Crippen molar-refractivity contribution < 1.29 is 0 Å². The van der Waals surface area contributed by atoms with Gasteiger partial charge in [-0.1, -0.05) is 6.08 Å². The van der Waals surface area contributed by atoms with E-state index in [2.05, 4.69) is 13.5 Å². The quantitative estimate of drug-likeness (QED) is 0.344. The Morgan fingerprint density at radius 3 is 2.33 bits per heavy atom. The van der Waals surface area contributed by atoms with Crippen molar-refractivity contribution in [3.63, 3.8) is 0 Å². The third kappa shape index (κ3) is 3.41. The van der Waals surface area contributed by atoms with Gasteiger partial charge in [-0.25, -0.2) is 0 Å². The second-order valence-corrected chi connectivity index (χ2v) is 1.06. The third-order valence-electron chi connectivity index (χ3n) is 0.380. The van der Waals surface area contributed by atoms with Gasteiger partial charge < -0.3 is 0 Å². The van der Waals surface area contributed by atoms with Crippen LogP contribution in [0.4, 0.5) is 0 Å². The molecule has 1 heteroatoms. The van der Waals surface area contributed by atoms with E-state index >= 15 is 0 Å². The molecule has 0 saturated heterocycles. The molecule has 0 amide bonds. The standard InChI is InChI=1S/C5H7N/c1-3-4-5(2)6/h3H,1-2,4H2. The van der Waals surface area contributed by atoms with E-state index in [0.717, 1.165) is 0 Å². The van der Waals surface area contributed by atoms with Crippen molar-refractivity contribution in [1.82, 2.24) is 5.41 Å². The van der Waals surface area contributed by atoms with Gasteiger partial charge >= 0.3 is 0 Å². The van der Waals surface area contributed by atoms with Gasteiger partial charge in [0.15, 0.2) is 0 Å². The Morgan fingerprint density at radius 2 is 2.33 bits per heavy atom. The van der Waals surface area contributed by atoms with Gasteiger partial charge in [0.2, 0.25) is 0 Å². The molecule has 0 aliphatic heterocycles. The SMILES string of the molecule is [CH2]C(=[N])CC=C. The van der Waals surface area contributed by atoms with Crippen LogP contribution < -0.4 is 5.41 Å². The van der Waals surface area contributed by atoms with Gasteiger partial charge in [0, 0.05) is 12.1 Å². The Balaban J connectivity index is 3.05. The van der Waals surface area contributed by atoms with E-state index in [0.29, 0.717) is 6.42 Å². The van der Waals surface area contributed by atoms with Gasteiger partial charge in [-0.05, 0) is 6.92 Å². The van der Waals surface area contributed by atoms with Crippen LogP contribution in [0.5, 0.6) is 0 Å². The van der Waals surface area contributed by atoms with Crippen LogP contribution in [-0.2, 0) is 0 Å². The van der Waals surface area contributed by atoms with Crippen LogP contribution in [0.15, 0.2) is 12.7 Å². The van der Waals surface area contributed by atoms with Crippen LogP contribution in [0.3, 0.4) is 0 Å². The maximum atomic E-state index is 8.29. The molecule has 0 aromatic rings. The smallest absolute Gasteiger partial charge is 0.0447 e. The summed E-state index contributed by atoms with van der Waals surface area (Å²) in [4.78, 5) is 0. The van der Waals surface area contributed by atoms with Crippen molar-refractivity contribution in [3.8, 4) is 0 Å². The Hall–Kier alpha value is -0.590. The molecular formula is C5H7N. The van der Waals surface area contributed by atoms with Crippen LogP contribution in [0.25, 0.3) is 0 Å². The van der Waals surface area contributed by atoms with Gasteiger partial charge in [0.05, 0.1) is 0 Å². The fourth-order valence-corrected chi connectivity index (χ4v) is 0.167. The molecule has 0 spiro atoms. The molecule has 0 aromatic carbocycles. The summed E-state index contributed by atoms with van der Waals surface area (Å²) < 4.78 is 0. The van der Waals surface area contributed by atoms with Crippen molar-refractivity contribution in [2.75, 3.05) is 0 Å². The zero-order valence-electron chi connectivity index (χ0n) is 3.65. The zero-order chi connectivity index (χ0) is 4.99. The molecule has 0 fully saturated rings. The fourth-order valence-electron chi connectivity index (χ4n) is 0.167. The molecule has 0 N–H and O–H groups in total. The molecule has 1 nitrogen and oxygen atoms in total. The topological polar surface area (TPSA) is 22.3 Å². The van der Waals surface area contributed by atoms with Gasteiger partial charge in [-0.2, -0.15) is 5.41 Å². The van der Waals surface area contributed by atoms with Crippen LogP contribution in [-0.4, -0.2) is 5.71 Å². The summed E-state index contributed by atoms with van der Waals surface area (Å²) in [5.74, 6) is 0. The highest BCUT2D eigenvalue weighted by Gasteiger charge is 1.76. The lowest BCUT2D eigenvalue weighted by Crippen LogP contribution is -1.86. The largest absolute Gasteiger partial charge is 0.160 e. The maximum Gasteiger partial charge on any atom is 0.0447 e. The van der Waals surface area contributed by atoms with E-state index in [1.807, 2.05) is 0 Å². The first-order chi connectivity index (χ1) is 2.77. The van der Waals surface area contributed by atoms with Crippen molar-refractivity contribution in [1.29, 1.82) is 0 Å². The molecule has 0 bridgehead atoms. The molecule has 0 aliphatic carbocycles. The highest BCUT2D eigenvalue weighted by Crippen LogP contribution is 1.75. The number of hydrogen-bond donors (Lipinski definition) is 0. The summed E-state index contributed by atoms with van der Waals surface area (Å²) in [6.45, 7) is 6.61. The number of allylic oxidation sites excluding steroid dienone is 1. The number of nitrogens with zero attached hydrogens (tertiary/aromatic N) is 1. The highest BCUT2D eigenvalue weighted by atomic mass is 14.4. The van der Waals surface area contributed by atoms with E-state index in [9.17, 15) is 0 Å². The molecule has 6 heavy (non-hydrogen) atoms. The second kappa shape index (κ2) is 2.64. The van der Waals surface area contributed by atoms with Crippen LogP contribution >= 0.6 is 0 Å². The second-order valence-electron chi connectivity index (χ2n) is 1.06. The van der Waals surface area contributed by atoms with E-state index in [-0.39, 0.29) is 5.71 Å². The summed E-state index contributed by atoms with van der Waals surface area (Å²) in [5.41, 5.74) is 0.171. The fraction of sp³-hybridized carbons (Fsp3) is 0.200. The summed E-state index contributed by atoms with van der Waals surface area (Å²) in [6, 6.07) is 0. The minimum absolute atomic E-state index is 0.171. The summed E-state index contributed by atoms with van der Waals surface area (Å²) in [5, 5.41) is 8.29. The highest BCUT2D eigenvalue weighted by molar-refractivity contribution is 5.87. The molecule has 0 saturated carbocycles. The first-order valence-corrected chi connectivity index (χ1v) is 1.75.